The first-order valence-electron chi connectivity index (χ1n) is 10.1. The second kappa shape index (κ2) is 13.3. The van der Waals surface area contributed by atoms with E-state index in [1.165, 1.54) is 0 Å². The minimum Gasteiger partial charge on any atom is -0.462 e. The number of hydrogen-bond donors (Lipinski definition) is 4. The van der Waals surface area contributed by atoms with Gasteiger partial charge in [0.15, 0.2) is 12.4 Å². The lowest BCUT2D eigenvalue weighted by Gasteiger charge is -2.40. The van der Waals surface area contributed by atoms with E-state index in [0.29, 0.717) is 12.8 Å². The fourth-order valence-corrected chi connectivity index (χ4v) is 3.44. The summed E-state index contributed by atoms with van der Waals surface area (Å²) in [6.45, 7) is 2.95. The predicted octanol–water partition coefficient (Wildman–Crippen LogP) is -0.856. The molecule has 1 saturated heterocycles. The van der Waals surface area contributed by atoms with Gasteiger partial charge in [-0.2, -0.15) is 8.42 Å². The Morgan fingerprint density at radius 2 is 1.65 bits per heavy atom. The van der Waals surface area contributed by atoms with Crippen molar-refractivity contribution in [3.05, 3.63) is 0 Å². The molecule has 182 valence electrons. The van der Waals surface area contributed by atoms with Crippen LogP contribution in [0.25, 0.3) is 0 Å². The minimum atomic E-state index is -4.56. The van der Waals surface area contributed by atoms with Gasteiger partial charge in [0.1, 0.15) is 36.8 Å². The molecule has 1 aliphatic heterocycles. The molecule has 0 aromatic heterocycles. The minimum absolute atomic E-state index is 0.139. The van der Waals surface area contributed by atoms with Crippen molar-refractivity contribution in [3.63, 3.8) is 0 Å². The molecule has 0 radical (unpaired) electrons. The molecule has 0 aromatic rings. The SMILES string of the molecule is CCCCC(=O)O[C@H](COC(=O)CCC)CO[C@@H]1O[C@H](CS(=O)(=O)O)[C@@H](O)[C@H](O)[C@H]1O. The predicted molar refractivity (Wildman–Crippen MR) is 104 cm³/mol. The molecule has 0 unspecified atom stereocenters. The van der Waals surface area contributed by atoms with Crippen LogP contribution in [0, 0.1) is 0 Å². The van der Waals surface area contributed by atoms with Crippen molar-refractivity contribution in [2.45, 2.75) is 82.8 Å². The van der Waals surface area contributed by atoms with Crippen LogP contribution in [-0.4, -0.2) is 96.0 Å². The molecule has 1 fully saturated rings. The highest BCUT2D eigenvalue weighted by atomic mass is 32.2. The Kier molecular flexibility index (Phi) is 11.8. The van der Waals surface area contributed by atoms with Gasteiger partial charge in [0, 0.05) is 12.8 Å². The fourth-order valence-electron chi connectivity index (χ4n) is 2.75. The summed E-state index contributed by atoms with van der Waals surface area (Å²) >= 11 is 0. The standard InChI is InChI=1S/C18H32O12S/c1-3-5-7-14(20)29-11(8-27-13(19)6-4-2)9-28-18-17(23)16(22)15(21)12(30-18)10-31(24,25)26/h11-12,15-18,21-23H,3-10H2,1-2H3,(H,24,25,26)/t11-,12-,15-,16+,17-,18-/m1/s1. The molecule has 1 rings (SSSR count). The Morgan fingerprint density at radius 1 is 0.968 bits per heavy atom. The summed E-state index contributed by atoms with van der Waals surface area (Å²) in [5.74, 6) is -2.09. The Morgan fingerprint density at radius 3 is 2.23 bits per heavy atom. The quantitative estimate of drug-likeness (QED) is 0.192. The summed E-state index contributed by atoms with van der Waals surface area (Å²) < 4.78 is 51.9. The van der Waals surface area contributed by atoms with Gasteiger partial charge in [0.05, 0.1) is 6.61 Å². The number of unbranched alkanes of at least 4 members (excludes halogenated alkanes) is 1. The molecule has 6 atom stereocenters. The van der Waals surface area contributed by atoms with Crippen molar-refractivity contribution in [2.24, 2.45) is 0 Å². The van der Waals surface area contributed by atoms with E-state index in [9.17, 15) is 33.3 Å². The first kappa shape index (κ1) is 27.7. The van der Waals surface area contributed by atoms with Crippen molar-refractivity contribution in [1.82, 2.24) is 0 Å². The summed E-state index contributed by atoms with van der Waals surface area (Å²) in [4.78, 5) is 23.5. The molecule has 1 heterocycles. The number of ether oxygens (including phenoxy) is 4. The molecule has 4 N–H and O–H groups in total. The smallest absolute Gasteiger partial charge is 0.306 e. The highest BCUT2D eigenvalue weighted by Gasteiger charge is 2.45. The highest BCUT2D eigenvalue weighted by Crippen LogP contribution is 2.23. The van der Waals surface area contributed by atoms with Crippen LogP contribution in [0.3, 0.4) is 0 Å². The molecule has 0 bridgehead atoms. The third kappa shape index (κ3) is 10.2. The molecule has 0 aromatic carbocycles. The van der Waals surface area contributed by atoms with E-state index in [0.717, 1.165) is 6.42 Å². The molecule has 0 saturated carbocycles. The lowest BCUT2D eigenvalue weighted by atomic mass is 10.00. The molecule has 31 heavy (non-hydrogen) atoms. The number of hydrogen-bond acceptors (Lipinski definition) is 11. The maximum Gasteiger partial charge on any atom is 0.306 e. The molecule has 1 aliphatic rings. The lowest BCUT2D eigenvalue weighted by Crippen LogP contribution is -2.60. The summed E-state index contributed by atoms with van der Waals surface area (Å²) in [6, 6.07) is 0. The van der Waals surface area contributed by atoms with E-state index in [4.69, 9.17) is 23.5 Å². The number of aliphatic hydroxyl groups excluding tert-OH is 3. The summed E-state index contributed by atoms with van der Waals surface area (Å²) in [5, 5.41) is 29.9. The van der Waals surface area contributed by atoms with Crippen molar-refractivity contribution in [3.8, 4) is 0 Å². The first-order chi connectivity index (χ1) is 14.5. The third-order valence-corrected chi connectivity index (χ3v) is 5.16. The molecule has 0 spiro atoms. The third-order valence-electron chi connectivity index (χ3n) is 4.41. The highest BCUT2D eigenvalue weighted by molar-refractivity contribution is 7.85. The zero-order chi connectivity index (χ0) is 23.6. The number of esters is 2. The van der Waals surface area contributed by atoms with Gasteiger partial charge in [-0.1, -0.05) is 20.3 Å². The number of rotatable bonds is 13. The Balaban J connectivity index is 2.77. The molecular formula is C18H32O12S. The normalized spacial score (nSPS) is 27.5. The second-order valence-corrected chi connectivity index (χ2v) is 8.74. The molecule has 13 heteroatoms. The van der Waals surface area contributed by atoms with Gasteiger partial charge in [-0.15, -0.1) is 0 Å². The average molecular weight is 473 g/mol. The second-order valence-electron chi connectivity index (χ2n) is 7.25. The number of carbonyl (C=O) groups is 2. The maximum absolute atomic E-state index is 11.9. The van der Waals surface area contributed by atoms with Crippen LogP contribution in [-0.2, 0) is 38.7 Å². The van der Waals surface area contributed by atoms with Crippen LogP contribution in [0.1, 0.15) is 46.0 Å². The van der Waals surface area contributed by atoms with Crippen molar-refractivity contribution >= 4 is 22.1 Å². The van der Waals surface area contributed by atoms with Gasteiger partial charge in [-0.3, -0.25) is 14.1 Å². The summed E-state index contributed by atoms with van der Waals surface area (Å²) in [5.41, 5.74) is 0. The van der Waals surface area contributed by atoms with Crippen molar-refractivity contribution in [1.29, 1.82) is 0 Å². The first-order valence-corrected chi connectivity index (χ1v) is 11.7. The van der Waals surface area contributed by atoms with Gasteiger partial charge in [0.25, 0.3) is 10.1 Å². The van der Waals surface area contributed by atoms with Crippen LogP contribution >= 0.6 is 0 Å². The van der Waals surface area contributed by atoms with E-state index in [1.54, 1.807) is 6.92 Å². The number of aliphatic hydroxyl groups is 3. The van der Waals surface area contributed by atoms with Crippen LogP contribution < -0.4 is 0 Å². The van der Waals surface area contributed by atoms with E-state index >= 15 is 0 Å². The van der Waals surface area contributed by atoms with Crippen LogP contribution in [0.15, 0.2) is 0 Å². The van der Waals surface area contributed by atoms with Crippen molar-refractivity contribution < 1.29 is 56.8 Å². The largest absolute Gasteiger partial charge is 0.462 e. The Hall–Kier alpha value is -1.35. The van der Waals surface area contributed by atoms with Crippen LogP contribution in [0.5, 0.6) is 0 Å². The summed E-state index contributed by atoms with van der Waals surface area (Å²) in [7, 11) is -4.56. The van der Waals surface area contributed by atoms with Crippen molar-refractivity contribution in [2.75, 3.05) is 19.0 Å². The van der Waals surface area contributed by atoms with Crippen LogP contribution in [0.2, 0.25) is 0 Å². The molecule has 0 amide bonds. The molecule has 12 nitrogen and oxygen atoms in total. The van der Waals surface area contributed by atoms with Crippen LogP contribution in [0.4, 0.5) is 0 Å². The van der Waals surface area contributed by atoms with Gasteiger partial charge in [-0.05, 0) is 12.8 Å². The van der Waals surface area contributed by atoms with Gasteiger partial charge >= 0.3 is 11.9 Å². The van der Waals surface area contributed by atoms with Gasteiger partial charge in [0.2, 0.25) is 0 Å². The fraction of sp³-hybridized carbons (Fsp3) is 0.889. The number of carbonyl (C=O) groups excluding carboxylic acids is 2. The maximum atomic E-state index is 11.9. The average Bonchev–Trinajstić information content (AvgIpc) is 2.68. The Labute approximate surface area is 181 Å². The van der Waals surface area contributed by atoms with Gasteiger partial charge in [-0.25, -0.2) is 0 Å². The van der Waals surface area contributed by atoms with E-state index < -0.39 is 71.2 Å². The van der Waals surface area contributed by atoms with E-state index in [2.05, 4.69) is 0 Å². The monoisotopic (exact) mass is 472 g/mol. The topological polar surface area (TPSA) is 186 Å². The molecule has 0 aliphatic carbocycles. The molecular weight excluding hydrogens is 440 g/mol. The zero-order valence-electron chi connectivity index (χ0n) is 17.6. The lowest BCUT2D eigenvalue weighted by molar-refractivity contribution is -0.297. The Bertz CT molecular complexity index is 666. The van der Waals surface area contributed by atoms with E-state index in [1.807, 2.05) is 6.92 Å². The van der Waals surface area contributed by atoms with Gasteiger partial charge < -0.3 is 34.3 Å². The van der Waals surface area contributed by atoms with E-state index in [-0.39, 0.29) is 19.4 Å². The zero-order valence-corrected chi connectivity index (χ0v) is 18.4. The summed E-state index contributed by atoms with van der Waals surface area (Å²) in [6.07, 6.45) is -7.38.